The summed E-state index contributed by atoms with van der Waals surface area (Å²) in [6, 6.07) is -0.436. The van der Waals surface area contributed by atoms with E-state index in [0.29, 0.717) is 26.1 Å². The largest absolute Gasteiger partial charge is 0.465 e. The van der Waals surface area contributed by atoms with Gasteiger partial charge in [0, 0.05) is 18.9 Å². The monoisotopic (exact) mass is 216 g/mol. The summed E-state index contributed by atoms with van der Waals surface area (Å²) in [5, 5.41) is 11.1. The Morgan fingerprint density at radius 3 is 2.73 bits per heavy atom. The normalized spacial score (nSPS) is 34.2. The molecule has 1 saturated carbocycles. The van der Waals surface area contributed by atoms with Crippen molar-refractivity contribution in [3.8, 4) is 0 Å². The first-order chi connectivity index (χ1) is 7.11. The molecule has 0 aromatic heterocycles. The fraction of sp³-hybridized carbons (Fsp3) is 0.889. The molecule has 0 aromatic carbocycles. The summed E-state index contributed by atoms with van der Waals surface area (Å²) in [5.74, 6) is -0.594. The van der Waals surface area contributed by atoms with Crippen molar-refractivity contribution in [2.75, 3.05) is 13.2 Å². The van der Waals surface area contributed by atoms with Gasteiger partial charge in [-0.25, -0.2) is 4.79 Å². The molecule has 2 fully saturated rings. The number of carboxylic acid groups (broad SMARTS) is 1. The highest BCUT2D eigenvalue weighted by molar-refractivity contribution is 5.65. The standard InChI is InChI=1S/C9H16N2O4/c10-6-1-2-9(14-3-4-15-9)5-7(6)11-8(12)13/h6-7,11H,1-5,10H2,(H,12,13)/t6-,7-/m1/s1. The number of rotatable bonds is 1. The summed E-state index contributed by atoms with van der Waals surface area (Å²) >= 11 is 0. The molecule has 1 saturated heterocycles. The second-order valence-corrected chi connectivity index (χ2v) is 4.07. The molecule has 6 heteroatoms. The molecule has 1 amide bonds. The Balaban J connectivity index is 2.00. The minimum atomic E-state index is -1.05. The van der Waals surface area contributed by atoms with E-state index in [1.807, 2.05) is 0 Å². The summed E-state index contributed by atoms with van der Waals surface area (Å²) in [6.45, 7) is 1.16. The minimum Gasteiger partial charge on any atom is -0.465 e. The lowest BCUT2D eigenvalue weighted by atomic mass is 9.86. The van der Waals surface area contributed by atoms with E-state index in [0.717, 1.165) is 6.42 Å². The highest BCUT2D eigenvalue weighted by atomic mass is 16.7. The van der Waals surface area contributed by atoms with Crippen molar-refractivity contribution in [2.45, 2.75) is 37.1 Å². The van der Waals surface area contributed by atoms with Crippen LogP contribution in [-0.2, 0) is 9.47 Å². The van der Waals surface area contributed by atoms with Gasteiger partial charge in [-0.1, -0.05) is 0 Å². The molecule has 2 atom stereocenters. The van der Waals surface area contributed by atoms with E-state index >= 15 is 0 Å². The Morgan fingerprint density at radius 1 is 1.47 bits per heavy atom. The van der Waals surface area contributed by atoms with Crippen LogP contribution in [0.3, 0.4) is 0 Å². The van der Waals surface area contributed by atoms with Gasteiger partial charge in [0.2, 0.25) is 0 Å². The van der Waals surface area contributed by atoms with Crippen LogP contribution in [0.2, 0.25) is 0 Å². The topological polar surface area (TPSA) is 93.8 Å². The van der Waals surface area contributed by atoms with Crippen LogP contribution in [0.15, 0.2) is 0 Å². The van der Waals surface area contributed by atoms with Gasteiger partial charge in [-0.2, -0.15) is 0 Å². The van der Waals surface area contributed by atoms with Crippen molar-refractivity contribution in [1.29, 1.82) is 0 Å². The summed E-state index contributed by atoms with van der Waals surface area (Å²) in [7, 11) is 0. The highest BCUT2D eigenvalue weighted by Gasteiger charge is 2.44. The third kappa shape index (κ3) is 2.22. The maximum absolute atomic E-state index is 10.6. The van der Waals surface area contributed by atoms with Gasteiger partial charge >= 0.3 is 6.09 Å². The molecule has 2 rings (SSSR count). The first-order valence-corrected chi connectivity index (χ1v) is 5.14. The molecule has 0 unspecified atom stereocenters. The van der Waals surface area contributed by atoms with Crippen molar-refractivity contribution >= 4 is 6.09 Å². The molecular formula is C9H16N2O4. The first kappa shape index (κ1) is 10.7. The average molecular weight is 216 g/mol. The number of amides is 1. The Hall–Kier alpha value is -0.850. The smallest absolute Gasteiger partial charge is 0.404 e. The number of carbonyl (C=O) groups is 1. The van der Waals surface area contributed by atoms with Crippen molar-refractivity contribution in [3.63, 3.8) is 0 Å². The number of nitrogens with one attached hydrogen (secondary N) is 1. The SMILES string of the molecule is N[C@@H]1CCC2(C[C@H]1NC(=O)O)OCCO2. The van der Waals surface area contributed by atoms with Crippen molar-refractivity contribution < 1.29 is 19.4 Å². The van der Waals surface area contributed by atoms with Crippen molar-refractivity contribution in [3.05, 3.63) is 0 Å². The number of hydrogen-bond donors (Lipinski definition) is 3. The van der Waals surface area contributed by atoms with Gasteiger partial charge in [0.1, 0.15) is 0 Å². The maximum atomic E-state index is 10.6. The van der Waals surface area contributed by atoms with E-state index in [1.54, 1.807) is 0 Å². The molecule has 0 bridgehead atoms. The summed E-state index contributed by atoms with van der Waals surface area (Å²) < 4.78 is 11.1. The van der Waals surface area contributed by atoms with Gasteiger partial charge in [0.15, 0.2) is 5.79 Å². The predicted octanol–water partition coefficient (Wildman–Crippen LogP) is -0.123. The fourth-order valence-electron chi connectivity index (χ4n) is 2.25. The van der Waals surface area contributed by atoms with Crippen molar-refractivity contribution in [1.82, 2.24) is 5.32 Å². The summed E-state index contributed by atoms with van der Waals surface area (Å²) in [6.07, 6.45) is 0.905. The second-order valence-electron chi connectivity index (χ2n) is 4.07. The summed E-state index contributed by atoms with van der Waals surface area (Å²) in [5.41, 5.74) is 5.84. The number of hydrogen-bond acceptors (Lipinski definition) is 4. The molecule has 1 aliphatic carbocycles. The minimum absolute atomic E-state index is 0.153. The molecule has 1 spiro atoms. The summed E-state index contributed by atoms with van der Waals surface area (Å²) in [4.78, 5) is 10.6. The van der Waals surface area contributed by atoms with Crippen LogP contribution in [0.25, 0.3) is 0 Å². The molecule has 0 aromatic rings. The van der Waals surface area contributed by atoms with Crippen molar-refractivity contribution in [2.24, 2.45) is 5.73 Å². The van der Waals surface area contributed by atoms with Crippen LogP contribution in [0.4, 0.5) is 4.79 Å². The number of ether oxygens (including phenoxy) is 2. The molecular weight excluding hydrogens is 200 g/mol. The Labute approximate surface area is 87.7 Å². The lowest BCUT2D eigenvalue weighted by Crippen LogP contribution is -2.56. The van der Waals surface area contributed by atoms with E-state index in [4.69, 9.17) is 20.3 Å². The third-order valence-electron chi connectivity index (χ3n) is 3.03. The Morgan fingerprint density at radius 2 is 2.13 bits per heavy atom. The van der Waals surface area contributed by atoms with Crippen LogP contribution in [0.1, 0.15) is 19.3 Å². The molecule has 1 aliphatic heterocycles. The zero-order valence-corrected chi connectivity index (χ0v) is 8.44. The zero-order chi connectivity index (χ0) is 10.9. The highest BCUT2D eigenvalue weighted by Crippen LogP contribution is 2.35. The third-order valence-corrected chi connectivity index (χ3v) is 3.03. The Bertz CT molecular complexity index is 252. The van der Waals surface area contributed by atoms with Gasteiger partial charge in [0.05, 0.1) is 19.3 Å². The van der Waals surface area contributed by atoms with Gasteiger partial charge in [-0.05, 0) is 6.42 Å². The van der Waals surface area contributed by atoms with E-state index in [-0.39, 0.29) is 12.1 Å². The van der Waals surface area contributed by atoms with Crippen LogP contribution >= 0.6 is 0 Å². The van der Waals surface area contributed by atoms with Gasteiger partial charge in [0.25, 0.3) is 0 Å². The lowest BCUT2D eigenvalue weighted by molar-refractivity contribution is -0.183. The molecule has 86 valence electrons. The van der Waals surface area contributed by atoms with E-state index in [2.05, 4.69) is 5.32 Å². The van der Waals surface area contributed by atoms with Crippen LogP contribution in [0.5, 0.6) is 0 Å². The maximum Gasteiger partial charge on any atom is 0.404 e. The van der Waals surface area contributed by atoms with E-state index in [9.17, 15) is 4.79 Å². The van der Waals surface area contributed by atoms with Gasteiger partial charge in [-0.15, -0.1) is 0 Å². The van der Waals surface area contributed by atoms with Gasteiger partial charge < -0.3 is 25.6 Å². The van der Waals surface area contributed by atoms with Crippen LogP contribution in [-0.4, -0.2) is 42.3 Å². The quantitative estimate of drug-likeness (QED) is 0.568. The average Bonchev–Trinajstić information content (AvgIpc) is 2.60. The molecule has 15 heavy (non-hydrogen) atoms. The zero-order valence-electron chi connectivity index (χ0n) is 8.44. The predicted molar refractivity (Wildman–Crippen MR) is 51.4 cm³/mol. The molecule has 1 heterocycles. The molecule has 4 N–H and O–H groups in total. The molecule has 2 aliphatic rings. The number of nitrogens with two attached hydrogens (primary N) is 1. The van der Waals surface area contributed by atoms with E-state index in [1.165, 1.54) is 0 Å². The Kier molecular flexibility index (Phi) is 2.81. The second kappa shape index (κ2) is 3.96. The van der Waals surface area contributed by atoms with Crippen LogP contribution in [0, 0.1) is 0 Å². The molecule has 0 radical (unpaired) electrons. The molecule has 6 nitrogen and oxygen atoms in total. The van der Waals surface area contributed by atoms with E-state index < -0.39 is 11.9 Å². The lowest BCUT2D eigenvalue weighted by Gasteiger charge is -2.39. The fourth-order valence-corrected chi connectivity index (χ4v) is 2.25. The van der Waals surface area contributed by atoms with Crippen LogP contribution < -0.4 is 11.1 Å². The van der Waals surface area contributed by atoms with Gasteiger partial charge in [-0.3, -0.25) is 0 Å². The first-order valence-electron chi connectivity index (χ1n) is 5.14.